The van der Waals surface area contributed by atoms with Gasteiger partial charge in [-0.15, -0.1) is 0 Å². The van der Waals surface area contributed by atoms with Gasteiger partial charge in [-0.2, -0.15) is 0 Å². The number of aromatic hydroxyl groups is 2. The average Bonchev–Trinajstić information content (AvgIpc) is 3.71. The SMILES string of the molecule is C=C1C/C1=C\C(CCCN1C(=O)CCC1=O)=C(c1ccc(O)cc1)c1ccc(O)cc1.C=C1CC1=C. The molecule has 0 spiro atoms. The molecule has 2 saturated carbocycles. The summed E-state index contributed by atoms with van der Waals surface area (Å²) < 4.78 is 0. The molecule has 0 unspecified atom stereocenters. The van der Waals surface area contributed by atoms with Crippen molar-refractivity contribution < 1.29 is 19.8 Å². The van der Waals surface area contributed by atoms with E-state index in [1.54, 1.807) is 24.3 Å². The van der Waals surface area contributed by atoms with Crippen LogP contribution >= 0.6 is 0 Å². The standard InChI is InChI=1S/C26H25NO4.C5H6/c1-17-15-21(17)16-20(3-2-14-27-24(30)12-13-25(27)31)26(18-4-8-22(28)9-5-18)19-6-10-23(29)11-7-19;1-4-3-5(4)2/h4-11,16,28-29H,1-3,12-15H2;1-3H2/b21-16+;. The molecular formula is C31H31NO4. The molecule has 3 aliphatic rings. The first-order chi connectivity index (χ1) is 17.2. The number of carbonyl (C=O) groups is 2. The first-order valence-electron chi connectivity index (χ1n) is 12.1. The molecule has 1 heterocycles. The van der Waals surface area contributed by atoms with Crippen molar-refractivity contribution in [2.75, 3.05) is 6.54 Å². The van der Waals surface area contributed by atoms with E-state index in [1.165, 1.54) is 21.6 Å². The number of imide groups is 1. The predicted octanol–water partition coefficient (Wildman–Crippen LogP) is 6.22. The summed E-state index contributed by atoms with van der Waals surface area (Å²) >= 11 is 0. The van der Waals surface area contributed by atoms with E-state index < -0.39 is 0 Å². The predicted molar refractivity (Wildman–Crippen MR) is 142 cm³/mol. The van der Waals surface area contributed by atoms with Crippen molar-refractivity contribution in [2.24, 2.45) is 0 Å². The van der Waals surface area contributed by atoms with Crippen molar-refractivity contribution in [3.05, 3.63) is 113 Å². The van der Waals surface area contributed by atoms with Gasteiger partial charge >= 0.3 is 0 Å². The van der Waals surface area contributed by atoms with Crippen LogP contribution in [-0.4, -0.2) is 33.5 Å². The molecule has 184 valence electrons. The minimum atomic E-state index is -0.0956. The van der Waals surface area contributed by atoms with Crippen molar-refractivity contribution in [3.8, 4) is 11.5 Å². The third kappa shape index (κ3) is 6.30. The number of hydrogen-bond donors (Lipinski definition) is 2. The number of likely N-dealkylation sites (tertiary alicyclic amines) is 1. The third-order valence-corrected chi connectivity index (χ3v) is 6.50. The summed E-state index contributed by atoms with van der Waals surface area (Å²) in [4.78, 5) is 25.3. The number of nitrogens with zero attached hydrogens (tertiary/aromatic N) is 1. The summed E-state index contributed by atoms with van der Waals surface area (Å²) in [6.45, 7) is 11.7. The molecule has 0 radical (unpaired) electrons. The van der Waals surface area contributed by atoms with Gasteiger partial charge in [-0.25, -0.2) is 0 Å². The maximum Gasteiger partial charge on any atom is 0.229 e. The monoisotopic (exact) mass is 481 g/mol. The molecule has 0 bridgehead atoms. The second kappa shape index (κ2) is 10.6. The molecule has 5 nitrogen and oxygen atoms in total. The van der Waals surface area contributed by atoms with Gasteiger partial charge in [0.2, 0.25) is 11.8 Å². The van der Waals surface area contributed by atoms with Gasteiger partial charge in [0.05, 0.1) is 0 Å². The number of allylic oxidation sites excluding steroid dienone is 6. The number of carbonyl (C=O) groups excluding carboxylic acids is 2. The van der Waals surface area contributed by atoms with Crippen LogP contribution in [0, 0.1) is 0 Å². The Morgan fingerprint density at radius 2 is 1.22 bits per heavy atom. The van der Waals surface area contributed by atoms with Gasteiger partial charge < -0.3 is 10.2 Å². The molecule has 5 rings (SSSR count). The van der Waals surface area contributed by atoms with E-state index in [1.807, 2.05) is 24.3 Å². The van der Waals surface area contributed by atoms with Crippen molar-refractivity contribution in [3.63, 3.8) is 0 Å². The highest BCUT2D eigenvalue weighted by Crippen LogP contribution is 2.39. The fourth-order valence-electron chi connectivity index (χ4n) is 4.13. The van der Waals surface area contributed by atoms with Crippen molar-refractivity contribution in [2.45, 2.75) is 38.5 Å². The fourth-order valence-corrected chi connectivity index (χ4v) is 4.13. The Kier molecular flexibility index (Phi) is 7.39. The molecule has 2 aromatic carbocycles. The van der Waals surface area contributed by atoms with Gasteiger partial charge in [-0.05, 0) is 94.5 Å². The molecule has 2 amide bonds. The fraction of sp³-hybridized carbons (Fsp3) is 0.226. The molecule has 2 aromatic rings. The molecule has 1 saturated heterocycles. The van der Waals surface area contributed by atoms with Crippen LogP contribution in [0.25, 0.3) is 5.57 Å². The first kappa shape index (κ1) is 25.0. The van der Waals surface area contributed by atoms with E-state index in [0.29, 0.717) is 32.2 Å². The lowest BCUT2D eigenvalue weighted by Crippen LogP contribution is -2.30. The summed E-state index contributed by atoms with van der Waals surface area (Å²) in [5.41, 5.74) is 8.70. The van der Waals surface area contributed by atoms with E-state index in [0.717, 1.165) is 40.7 Å². The maximum atomic E-state index is 12.0. The number of hydrogen-bond acceptors (Lipinski definition) is 4. The van der Waals surface area contributed by atoms with Gasteiger partial charge in [0.15, 0.2) is 0 Å². The zero-order chi connectivity index (χ0) is 25.8. The van der Waals surface area contributed by atoms with Crippen LogP contribution in [-0.2, 0) is 9.59 Å². The molecule has 2 aliphatic carbocycles. The zero-order valence-electron chi connectivity index (χ0n) is 20.4. The Labute approximate surface area is 212 Å². The van der Waals surface area contributed by atoms with Gasteiger partial charge in [0.25, 0.3) is 0 Å². The second-order valence-electron chi connectivity index (χ2n) is 9.37. The highest BCUT2D eigenvalue weighted by atomic mass is 16.3. The lowest BCUT2D eigenvalue weighted by Gasteiger charge is -2.17. The van der Waals surface area contributed by atoms with Crippen LogP contribution in [0.2, 0.25) is 0 Å². The van der Waals surface area contributed by atoms with E-state index in [9.17, 15) is 19.8 Å². The van der Waals surface area contributed by atoms with Crippen molar-refractivity contribution in [1.82, 2.24) is 4.90 Å². The normalized spacial score (nSPS) is 17.3. The summed E-state index contributed by atoms with van der Waals surface area (Å²) in [6.07, 6.45) is 6.04. The lowest BCUT2D eigenvalue weighted by molar-refractivity contribution is -0.138. The molecule has 36 heavy (non-hydrogen) atoms. The largest absolute Gasteiger partial charge is 0.508 e. The summed E-state index contributed by atoms with van der Waals surface area (Å²) in [6, 6.07) is 14.1. The Bertz CT molecular complexity index is 1220. The Hall–Kier alpha value is -4.12. The Morgan fingerprint density at radius 1 is 0.778 bits per heavy atom. The molecule has 5 heteroatoms. The van der Waals surface area contributed by atoms with Crippen LogP contribution in [0.1, 0.15) is 49.7 Å². The van der Waals surface area contributed by atoms with E-state index >= 15 is 0 Å². The summed E-state index contributed by atoms with van der Waals surface area (Å²) in [5.74, 6) is 0.189. The zero-order valence-corrected chi connectivity index (χ0v) is 20.4. The smallest absolute Gasteiger partial charge is 0.229 e. The molecular weight excluding hydrogens is 450 g/mol. The van der Waals surface area contributed by atoms with Gasteiger partial charge in [-0.3, -0.25) is 14.5 Å². The second-order valence-corrected chi connectivity index (χ2v) is 9.37. The van der Waals surface area contributed by atoms with E-state index in [4.69, 9.17) is 0 Å². The molecule has 0 aromatic heterocycles. The maximum absolute atomic E-state index is 12.0. The van der Waals surface area contributed by atoms with Crippen molar-refractivity contribution >= 4 is 17.4 Å². The van der Waals surface area contributed by atoms with E-state index in [-0.39, 0.29) is 23.3 Å². The number of benzene rings is 2. The van der Waals surface area contributed by atoms with Crippen LogP contribution in [0.3, 0.4) is 0 Å². The number of rotatable bonds is 7. The molecule has 2 N–H and O–H groups in total. The topological polar surface area (TPSA) is 77.8 Å². The number of phenolic OH excluding ortho intramolecular Hbond substituents is 2. The highest BCUT2D eigenvalue weighted by molar-refractivity contribution is 6.01. The van der Waals surface area contributed by atoms with Gasteiger partial charge in [-0.1, -0.05) is 50.1 Å². The Morgan fingerprint density at radius 3 is 1.61 bits per heavy atom. The minimum Gasteiger partial charge on any atom is -0.508 e. The number of phenols is 2. The lowest BCUT2D eigenvalue weighted by atomic mass is 9.90. The van der Waals surface area contributed by atoms with Gasteiger partial charge in [0, 0.05) is 19.4 Å². The van der Waals surface area contributed by atoms with Gasteiger partial charge in [0.1, 0.15) is 11.5 Å². The number of amides is 2. The summed E-state index contributed by atoms with van der Waals surface area (Å²) in [5, 5.41) is 19.5. The van der Waals surface area contributed by atoms with Crippen LogP contribution in [0.15, 0.2) is 102 Å². The highest BCUT2D eigenvalue weighted by Gasteiger charge is 2.28. The average molecular weight is 482 g/mol. The molecule has 0 atom stereocenters. The molecule has 1 aliphatic heterocycles. The van der Waals surface area contributed by atoms with Crippen LogP contribution in [0.5, 0.6) is 11.5 Å². The minimum absolute atomic E-state index is 0.0956. The van der Waals surface area contributed by atoms with Crippen molar-refractivity contribution in [1.29, 1.82) is 0 Å². The summed E-state index contributed by atoms with van der Waals surface area (Å²) in [7, 11) is 0. The van der Waals surface area contributed by atoms with Crippen LogP contribution in [0.4, 0.5) is 0 Å². The quantitative estimate of drug-likeness (QED) is 0.461. The Balaban J connectivity index is 0.000000543. The van der Waals surface area contributed by atoms with E-state index in [2.05, 4.69) is 25.8 Å². The molecule has 3 fully saturated rings. The third-order valence-electron chi connectivity index (χ3n) is 6.50. The van der Waals surface area contributed by atoms with Crippen LogP contribution < -0.4 is 0 Å². The first-order valence-corrected chi connectivity index (χ1v) is 12.1.